The molecule has 0 aliphatic carbocycles. The molecule has 150 valence electrons. The molecule has 0 spiro atoms. The molecular weight excluding hydrogens is 386 g/mol. The zero-order valence-corrected chi connectivity index (χ0v) is 17.0. The quantitative estimate of drug-likeness (QED) is 0.541. The molecule has 0 aromatic heterocycles. The standard InChI is InChI=1S/C23H23NO4S/c1-18(25)22-11-6-12-23(14-22)29(26,27)24-15-20-9-5-10-21(13-20)17-28-16-19-7-3-2-4-8-19/h2-14,24H,15-17H2,1H3. The van der Waals surface area contributed by atoms with Gasteiger partial charge in [-0.1, -0.05) is 66.7 Å². The lowest BCUT2D eigenvalue weighted by Gasteiger charge is -2.10. The van der Waals surface area contributed by atoms with Crippen molar-refractivity contribution in [3.63, 3.8) is 0 Å². The SMILES string of the molecule is CC(=O)c1cccc(S(=O)(=O)NCc2cccc(COCc3ccccc3)c2)c1. The topological polar surface area (TPSA) is 72.5 Å². The third-order valence-electron chi connectivity index (χ3n) is 4.39. The Bertz CT molecular complexity index is 1080. The highest BCUT2D eigenvalue weighted by Crippen LogP contribution is 2.14. The second-order valence-electron chi connectivity index (χ2n) is 6.71. The Morgan fingerprint density at radius 3 is 2.24 bits per heavy atom. The minimum atomic E-state index is -3.71. The Labute approximate surface area is 171 Å². The number of ether oxygens (including phenoxy) is 1. The Morgan fingerprint density at radius 2 is 1.48 bits per heavy atom. The van der Waals surface area contributed by atoms with Gasteiger partial charge < -0.3 is 4.74 Å². The third-order valence-corrected chi connectivity index (χ3v) is 5.79. The molecule has 0 amide bonds. The molecule has 0 radical (unpaired) electrons. The van der Waals surface area contributed by atoms with E-state index in [1.807, 2.05) is 54.6 Å². The van der Waals surface area contributed by atoms with Gasteiger partial charge in [-0.25, -0.2) is 13.1 Å². The van der Waals surface area contributed by atoms with Gasteiger partial charge in [0.2, 0.25) is 10.0 Å². The van der Waals surface area contributed by atoms with Crippen LogP contribution in [0.2, 0.25) is 0 Å². The summed E-state index contributed by atoms with van der Waals surface area (Å²) in [5, 5.41) is 0. The van der Waals surface area contributed by atoms with Crippen molar-refractivity contribution in [3.8, 4) is 0 Å². The fraction of sp³-hybridized carbons (Fsp3) is 0.174. The molecule has 1 N–H and O–H groups in total. The van der Waals surface area contributed by atoms with Crippen LogP contribution >= 0.6 is 0 Å². The molecule has 0 bridgehead atoms. The Kier molecular flexibility index (Phi) is 6.93. The predicted molar refractivity (Wildman–Crippen MR) is 112 cm³/mol. The fourth-order valence-electron chi connectivity index (χ4n) is 2.83. The van der Waals surface area contributed by atoms with Crippen LogP contribution in [0.15, 0.2) is 83.8 Å². The van der Waals surface area contributed by atoms with Crippen LogP contribution in [-0.2, 0) is 34.5 Å². The lowest BCUT2D eigenvalue weighted by atomic mass is 10.1. The van der Waals surface area contributed by atoms with Gasteiger partial charge in [0.1, 0.15) is 0 Å². The van der Waals surface area contributed by atoms with Gasteiger partial charge in [-0.05, 0) is 35.7 Å². The van der Waals surface area contributed by atoms with Gasteiger partial charge in [0.05, 0.1) is 18.1 Å². The van der Waals surface area contributed by atoms with Crippen LogP contribution < -0.4 is 4.72 Å². The average molecular weight is 410 g/mol. The van der Waals surface area contributed by atoms with Crippen LogP contribution in [0.5, 0.6) is 0 Å². The Hall–Kier alpha value is -2.80. The number of hydrogen-bond acceptors (Lipinski definition) is 4. The fourth-order valence-corrected chi connectivity index (χ4v) is 3.90. The largest absolute Gasteiger partial charge is 0.372 e. The number of benzene rings is 3. The molecule has 6 heteroatoms. The molecule has 0 atom stereocenters. The maximum absolute atomic E-state index is 12.5. The lowest BCUT2D eigenvalue weighted by Crippen LogP contribution is -2.23. The van der Waals surface area contributed by atoms with E-state index >= 15 is 0 Å². The van der Waals surface area contributed by atoms with E-state index in [0.29, 0.717) is 18.8 Å². The summed E-state index contributed by atoms with van der Waals surface area (Å²) >= 11 is 0. The van der Waals surface area contributed by atoms with Crippen molar-refractivity contribution in [1.29, 1.82) is 0 Å². The number of hydrogen-bond donors (Lipinski definition) is 1. The van der Waals surface area contributed by atoms with Gasteiger partial charge in [0.15, 0.2) is 5.78 Å². The summed E-state index contributed by atoms with van der Waals surface area (Å²) in [5.74, 6) is -0.176. The number of ketones is 1. The van der Waals surface area contributed by atoms with Crippen molar-refractivity contribution in [1.82, 2.24) is 4.72 Å². The van der Waals surface area contributed by atoms with E-state index in [-0.39, 0.29) is 17.2 Å². The summed E-state index contributed by atoms with van der Waals surface area (Å²) in [4.78, 5) is 11.6. The van der Waals surface area contributed by atoms with Gasteiger partial charge in [-0.3, -0.25) is 4.79 Å². The predicted octanol–water partition coefficient (Wildman–Crippen LogP) is 4.08. The second kappa shape index (κ2) is 9.60. The molecule has 0 unspecified atom stereocenters. The van der Waals surface area contributed by atoms with Gasteiger partial charge in [-0.2, -0.15) is 0 Å². The summed E-state index contributed by atoms with van der Waals surface area (Å²) in [6, 6.07) is 23.5. The molecule has 0 saturated heterocycles. The Morgan fingerprint density at radius 1 is 0.828 bits per heavy atom. The van der Waals surface area contributed by atoms with Gasteiger partial charge in [0.25, 0.3) is 0 Å². The van der Waals surface area contributed by atoms with E-state index in [4.69, 9.17) is 4.74 Å². The van der Waals surface area contributed by atoms with Crippen LogP contribution in [0.1, 0.15) is 34.0 Å². The minimum absolute atomic E-state index is 0.0764. The number of carbonyl (C=O) groups is 1. The van der Waals surface area contributed by atoms with Crippen molar-refractivity contribution in [2.75, 3.05) is 0 Å². The van der Waals surface area contributed by atoms with E-state index in [9.17, 15) is 13.2 Å². The highest BCUT2D eigenvalue weighted by Gasteiger charge is 2.15. The molecule has 0 aliphatic rings. The number of sulfonamides is 1. The molecular formula is C23H23NO4S. The van der Waals surface area contributed by atoms with Crippen molar-refractivity contribution >= 4 is 15.8 Å². The zero-order chi connectivity index (χ0) is 20.7. The molecule has 0 saturated carbocycles. The Balaban J connectivity index is 1.59. The molecule has 0 aliphatic heterocycles. The number of rotatable bonds is 9. The number of nitrogens with one attached hydrogen (secondary N) is 1. The maximum atomic E-state index is 12.5. The monoisotopic (exact) mass is 409 g/mol. The first-order chi connectivity index (χ1) is 13.9. The molecule has 3 rings (SSSR count). The van der Waals surface area contributed by atoms with E-state index in [1.165, 1.54) is 19.1 Å². The number of carbonyl (C=O) groups excluding carboxylic acids is 1. The first-order valence-corrected chi connectivity index (χ1v) is 10.7. The first kappa shape index (κ1) is 20.9. The molecule has 0 fully saturated rings. The molecule has 3 aromatic rings. The normalized spacial score (nSPS) is 11.3. The number of Topliss-reactive ketones (excluding diaryl/α,β-unsaturated/α-hetero) is 1. The average Bonchev–Trinajstić information content (AvgIpc) is 2.73. The zero-order valence-electron chi connectivity index (χ0n) is 16.2. The summed E-state index contributed by atoms with van der Waals surface area (Å²) in [7, 11) is -3.71. The van der Waals surface area contributed by atoms with E-state index in [0.717, 1.165) is 16.7 Å². The smallest absolute Gasteiger partial charge is 0.240 e. The summed E-state index contributed by atoms with van der Waals surface area (Å²) < 4.78 is 33.4. The van der Waals surface area contributed by atoms with Gasteiger partial charge in [-0.15, -0.1) is 0 Å². The molecule has 5 nitrogen and oxygen atoms in total. The molecule has 0 heterocycles. The molecule has 29 heavy (non-hydrogen) atoms. The minimum Gasteiger partial charge on any atom is -0.372 e. The highest BCUT2D eigenvalue weighted by atomic mass is 32.2. The second-order valence-corrected chi connectivity index (χ2v) is 8.47. The van der Waals surface area contributed by atoms with Crippen LogP contribution in [0, 0.1) is 0 Å². The van der Waals surface area contributed by atoms with Crippen LogP contribution in [-0.4, -0.2) is 14.2 Å². The van der Waals surface area contributed by atoms with Gasteiger partial charge >= 0.3 is 0 Å². The van der Waals surface area contributed by atoms with E-state index in [1.54, 1.807) is 12.1 Å². The van der Waals surface area contributed by atoms with Crippen LogP contribution in [0.25, 0.3) is 0 Å². The van der Waals surface area contributed by atoms with Crippen LogP contribution in [0.4, 0.5) is 0 Å². The van der Waals surface area contributed by atoms with Gasteiger partial charge in [0, 0.05) is 12.1 Å². The summed E-state index contributed by atoms with van der Waals surface area (Å²) in [6.45, 7) is 2.52. The van der Waals surface area contributed by atoms with Crippen LogP contribution in [0.3, 0.4) is 0 Å². The molecule has 3 aromatic carbocycles. The maximum Gasteiger partial charge on any atom is 0.240 e. The van der Waals surface area contributed by atoms with Crippen molar-refractivity contribution in [3.05, 3.63) is 101 Å². The highest BCUT2D eigenvalue weighted by molar-refractivity contribution is 7.89. The van der Waals surface area contributed by atoms with Crippen molar-refractivity contribution in [2.24, 2.45) is 0 Å². The summed E-state index contributed by atoms with van der Waals surface area (Å²) in [6.07, 6.45) is 0. The van der Waals surface area contributed by atoms with E-state index < -0.39 is 10.0 Å². The van der Waals surface area contributed by atoms with E-state index in [2.05, 4.69) is 4.72 Å². The lowest BCUT2D eigenvalue weighted by molar-refractivity contribution is 0.101. The van der Waals surface area contributed by atoms with Crippen molar-refractivity contribution in [2.45, 2.75) is 31.6 Å². The summed E-state index contributed by atoms with van der Waals surface area (Å²) in [5.41, 5.74) is 3.27. The third kappa shape index (κ3) is 6.09. The first-order valence-electron chi connectivity index (χ1n) is 9.24. The van der Waals surface area contributed by atoms with Crippen molar-refractivity contribution < 1.29 is 17.9 Å².